The van der Waals surface area contributed by atoms with E-state index in [-0.39, 0.29) is 18.0 Å². The number of benzene rings is 1. The highest BCUT2D eigenvalue weighted by Crippen LogP contribution is 2.36. The number of hydrogen-bond donors (Lipinski definition) is 1. The van der Waals surface area contributed by atoms with Gasteiger partial charge in [0.25, 0.3) is 0 Å². The van der Waals surface area contributed by atoms with Crippen LogP contribution in [0.25, 0.3) is 0 Å². The molecule has 0 aromatic heterocycles. The first kappa shape index (κ1) is 12.9. The molecule has 1 saturated heterocycles. The van der Waals surface area contributed by atoms with E-state index in [1.165, 1.54) is 12.1 Å². The van der Waals surface area contributed by atoms with Crippen LogP contribution in [0.3, 0.4) is 0 Å². The maximum Gasteiger partial charge on any atom is 0.123 e. The van der Waals surface area contributed by atoms with Crippen molar-refractivity contribution in [2.45, 2.75) is 42.6 Å². The Morgan fingerprint density at radius 3 is 2.88 bits per heavy atom. The molecule has 94 valence electrons. The van der Waals surface area contributed by atoms with Crippen molar-refractivity contribution in [1.29, 1.82) is 0 Å². The van der Waals surface area contributed by atoms with E-state index in [0.29, 0.717) is 5.25 Å². The van der Waals surface area contributed by atoms with Crippen LogP contribution in [0.1, 0.15) is 31.9 Å². The van der Waals surface area contributed by atoms with Gasteiger partial charge in [-0.1, -0.05) is 0 Å². The van der Waals surface area contributed by atoms with Gasteiger partial charge in [-0.15, -0.1) is 11.8 Å². The second-order valence-corrected chi connectivity index (χ2v) is 5.77. The van der Waals surface area contributed by atoms with Crippen molar-refractivity contribution in [3.8, 4) is 0 Å². The monoisotopic (exact) mass is 255 g/mol. The molecule has 1 fully saturated rings. The van der Waals surface area contributed by atoms with Gasteiger partial charge in [-0.25, -0.2) is 4.39 Å². The summed E-state index contributed by atoms with van der Waals surface area (Å²) in [6, 6.07) is 4.71. The lowest BCUT2D eigenvalue weighted by atomic mass is 10.1. The Hall–Kier alpha value is -0.580. The highest BCUT2D eigenvalue weighted by molar-refractivity contribution is 8.00. The zero-order chi connectivity index (χ0) is 12.4. The summed E-state index contributed by atoms with van der Waals surface area (Å²) in [6.45, 7) is 4.78. The zero-order valence-corrected chi connectivity index (χ0v) is 11.0. The van der Waals surface area contributed by atoms with Crippen LogP contribution in [0.4, 0.5) is 4.39 Å². The highest BCUT2D eigenvalue weighted by Gasteiger charge is 2.26. The molecule has 1 heterocycles. The van der Waals surface area contributed by atoms with Crippen molar-refractivity contribution in [1.82, 2.24) is 0 Å². The molecule has 2 N–H and O–H groups in total. The molecule has 17 heavy (non-hydrogen) atoms. The predicted molar refractivity (Wildman–Crippen MR) is 68.7 cm³/mol. The Kier molecular flexibility index (Phi) is 4.07. The van der Waals surface area contributed by atoms with Gasteiger partial charge >= 0.3 is 0 Å². The van der Waals surface area contributed by atoms with Crippen LogP contribution in [0.2, 0.25) is 0 Å². The molecule has 4 heteroatoms. The number of nitrogens with two attached hydrogens (primary N) is 1. The van der Waals surface area contributed by atoms with Gasteiger partial charge in [0.15, 0.2) is 0 Å². The van der Waals surface area contributed by atoms with Gasteiger partial charge in [0.05, 0.1) is 6.10 Å². The molecule has 0 aliphatic carbocycles. The molecule has 1 aromatic carbocycles. The van der Waals surface area contributed by atoms with Gasteiger partial charge in [-0.2, -0.15) is 0 Å². The average Bonchev–Trinajstić information content (AvgIpc) is 2.67. The van der Waals surface area contributed by atoms with Gasteiger partial charge < -0.3 is 10.5 Å². The smallest absolute Gasteiger partial charge is 0.123 e. The Balaban J connectivity index is 2.19. The fourth-order valence-corrected chi connectivity index (χ4v) is 3.35. The SMILES string of the molecule is CC1OCCC1Sc1ccc(F)cc1[C@@H](C)N. The lowest BCUT2D eigenvalue weighted by Crippen LogP contribution is -2.14. The molecule has 2 unspecified atom stereocenters. The summed E-state index contributed by atoms with van der Waals surface area (Å²) in [5, 5.41) is 0.443. The standard InChI is InChI=1S/C13H18FNOS/c1-8(15)11-7-10(14)3-4-13(11)17-12-5-6-16-9(12)2/h3-4,7-9,12H,5-6,15H2,1-2H3/t8-,9?,12?/m1/s1. The minimum atomic E-state index is -0.225. The maximum absolute atomic E-state index is 13.2. The summed E-state index contributed by atoms with van der Waals surface area (Å²) in [7, 11) is 0. The molecular weight excluding hydrogens is 237 g/mol. The number of halogens is 1. The predicted octanol–water partition coefficient (Wildman–Crippen LogP) is 3.11. The minimum Gasteiger partial charge on any atom is -0.377 e. The second kappa shape index (κ2) is 5.38. The first-order valence-corrected chi connectivity index (χ1v) is 6.79. The average molecular weight is 255 g/mol. The normalized spacial score (nSPS) is 26.1. The Morgan fingerprint density at radius 1 is 1.53 bits per heavy atom. The largest absolute Gasteiger partial charge is 0.377 e. The van der Waals surface area contributed by atoms with Crippen molar-refractivity contribution in [3.63, 3.8) is 0 Å². The van der Waals surface area contributed by atoms with E-state index in [0.717, 1.165) is 23.5 Å². The third-order valence-electron chi connectivity index (χ3n) is 3.05. The summed E-state index contributed by atoms with van der Waals surface area (Å²) < 4.78 is 18.7. The van der Waals surface area contributed by atoms with Crippen LogP contribution in [-0.2, 0) is 4.74 Å². The highest BCUT2D eigenvalue weighted by atomic mass is 32.2. The van der Waals surface area contributed by atoms with Crippen LogP contribution in [-0.4, -0.2) is 18.0 Å². The lowest BCUT2D eigenvalue weighted by molar-refractivity contribution is 0.127. The number of rotatable bonds is 3. The summed E-state index contributed by atoms with van der Waals surface area (Å²) >= 11 is 1.75. The lowest BCUT2D eigenvalue weighted by Gasteiger charge is -2.17. The molecule has 0 spiro atoms. The van der Waals surface area contributed by atoms with Gasteiger partial charge in [0.1, 0.15) is 5.82 Å². The molecule has 1 aliphatic rings. The number of hydrogen-bond acceptors (Lipinski definition) is 3. The van der Waals surface area contributed by atoms with E-state index in [9.17, 15) is 4.39 Å². The molecule has 2 rings (SSSR count). The third-order valence-corrected chi connectivity index (χ3v) is 4.59. The zero-order valence-electron chi connectivity index (χ0n) is 10.2. The van der Waals surface area contributed by atoms with Crippen molar-refractivity contribution in [2.75, 3.05) is 6.61 Å². The summed E-state index contributed by atoms with van der Waals surface area (Å²) in [4.78, 5) is 1.07. The fraction of sp³-hybridized carbons (Fsp3) is 0.538. The van der Waals surface area contributed by atoms with E-state index in [1.807, 2.05) is 13.0 Å². The van der Waals surface area contributed by atoms with E-state index < -0.39 is 0 Å². The van der Waals surface area contributed by atoms with Crippen LogP contribution in [0, 0.1) is 5.82 Å². The van der Waals surface area contributed by atoms with E-state index in [2.05, 4.69) is 6.92 Å². The van der Waals surface area contributed by atoms with Crippen LogP contribution >= 0.6 is 11.8 Å². The third kappa shape index (κ3) is 3.00. The van der Waals surface area contributed by atoms with Gasteiger partial charge in [0, 0.05) is 22.8 Å². The van der Waals surface area contributed by atoms with Gasteiger partial charge in [0.2, 0.25) is 0 Å². The summed E-state index contributed by atoms with van der Waals surface area (Å²) in [6.07, 6.45) is 1.30. The van der Waals surface area contributed by atoms with Crippen molar-refractivity contribution in [3.05, 3.63) is 29.6 Å². The molecule has 0 radical (unpaired) electrons. The second-order valence-electron chi connectivity index (χ2n) is 4.49. The van der Waals surface area contributed by atoms with Crippen molar-refractivity contribution < 1.29 is 9.13 Å². The molecule has 0 amide bonds. The van der Waals surface area contributed by atoms with E-state index in [1.54, 1.807) is 11.8 Å². The Bertz CT molecular complexity index is 397. The Morgan fingerprint density at radius 2 is 2.29 bits per heavy atom. The van der Waals surface area contributed by atoms with E-state index >= 15 is 0 Å². The van der Waals surface area contributed by atoms with Crippen LogP contribution in [0.15, 0.2) is 23.1 Å². The summed E-state index contributed by atoms with van der Waals surface area (Å²) in [5.74, 6) is -0.225. The quantitative estimate of drug-likeness (QED) is 0.901. The molecule has 0 bridgehead atoms. The summed E-state index contributed by atoms with van der Waals surface area (Å²) in [5.41, 5.74) is 6.76. The molecule has 0 saturated carbocycles. The fourth-order valence-electron chi connectivity index (χ4n) is 2.01. The van der Waals surface area contributed by atoms with Crippen LogP contribution < -0.4 is 5.73 Å². The van der Waals surface area contributed by atoms with Gasteiger partial charge in [-0.05, 0) is 44.0 Å². The Labute approximate surface area is 106 Å². The minimum absolute atomic E-state index is 0.147. The van der Waals surface area contributed by atoms with Crippen molar-refractivity contribution >= 4 is 11.8 Å². The van der Waals surface area contributed by atoms with E-state index in [4.69, 9.17) is 10.5 Å². The van der Waals surface area contributed by atoms with Crippen molar-refractivity contribution in [2.24, 2.45) is 5.73 Å². The molecule has 2 nitrogen and oxygen atoms in total. The molecule has 1 aliphatic heterocycles. The first-order valence-electron chi connectivity index (χ1n) is 5.91. The molecule has 3 atom stereocenters. The number of thioether (sulfide) groups is 1. The first-order chi connectivity index (χ1) is 8.08. The maximum atomic E-state index is 13.2. The number of ether oxygens (including phenoxy) is 1. The molecule has 1 aromatic rings. The topological polar surface area (TPSA) is 35.2 Å². The van der Waals surface area contributed by atoms with Gasteiger partial charge in [-0.3, -0.25) is 0 Å². The van der Waals surface area contributed by atoms with Crippen LogP contribution in [0.5, 0.6) is 0 Å². The molecular formula is C13H18FNOS.